The van der Waals surface area contributed by atoms with Crippen molar-refractivity contribution in [2.45, 2.75) is 18.9 Å². The van der Waals surface area contributed by atoms with Crippen molar-refractivity contribution < 1.29 is 14.4 Å². The number of benzene rings is 2. The molecule has 1 atom stereocenters. The van der Waals surface area contributed by atoms with Gasteiger partial charge in [-0.05, 0) is 30.2 Å². The Kier molecular flexibility index (Phi) is 4.78. The lowest BCUT2D eigenvalue weighted by atomic mass is 9.98. The van der Waals surface area contributed by atoms with E-state index in [1.807, 2.05) is 24.4 Å². The number of amides is 3. The van der Waals surface area contributed by atoms with Gasteiger partial charge in [-0.2, -0.15) is 0 Å². The van der Waals surface area contributed by atoms with Crippen LogP contribution in [-0.4, -0.2) is 46.7 Å². The van der Waals surface area contributed by atoms with Crippen molar-refractivity contribution in [2.24, 2.45) is 0 Å². The molecule has 5 rings (SSSR count). The van der Waals surface area contributed by atoms with Gasteiger partial charge in [0.15, 0.2) is 0 Å². The maximum absolute atomic E-state index is 12.9. The van der Waals surface area contributed by atoms with E-state index in [1.54, 1.807) is 29.2 Å². The van der Waals surface area contributed by atoms with E-state index >= 15 is 0 Å². The fourth-order valence-electron chi connectivity index (χ4n) is 4.24. The Bertz CT molecular complexity index is 1230. The summed E-state index contributed by atoms with van der Waals surface area (Å²) < 4.78 is 0. The minimum absolute atomic E-state index is 0.0676. The number of H-pyrrole nitrogens is 1. The number of rotatable bonds is 3. The van der Waals surface area contributed by atoms with Crippen LogP contribution in [0.3, 0.4) is 0 Å². The topological polar surface area (TPSA) is 94.3 Å². The normalized spacial score (nSPS) is 18.6. The molecule has 0 saturated carbocycles. The van der Waals surface area contributed by atoms with Gasteiger partial charge in [0, 0.05) is 35.8 Å². The third-order valence-electron chi connectivity index (χ3n) is 5.93. The molecule has 0 saturated heterocycles. The van der Waals surface area contributed by atoms with E-state index in [-0.39, 0.29) is 24.1 Å². The molecule has 31 heavy (non-hydrogen) atoms. The minimum atomic E-state index is -0.897. The van der Waals surface area contributed by atoms with Gasteiger partial charge < -0.3 is 20.5 Å². The molecule has 2 aliphatic rings. The van der Waals surface area contributed by atoms with Gasteiger partial charge in [0.1, 0.15) is 6.04 Å². The lowest BCUT2D eigenvalue weighted by Crippen LogP contribution is -2.46. The molecule has 2 aliphatic heterocycles. The second kappa shape index (κ2) is 7.75. The van der Waals surface area contributed by atoms with Crippen LogP contribution in [0.15, 0.2) is 60.8 Å². The summed E-state index contributed by atoms with van der Waals surface area (Å²) in [5, 5.41) is 6.61. The molecule has 1 unspecified atom stereocenters. The van der Waals surface area contributed by atoms with Gasteiger partial charge in [0.05, 0.1) is 17.7 Å². The van der Waals surface area contributed by atoms with Gasteiger partial charge in [-0.3, -0.25) is 14.4 Å². The second-order valence-corrected chi connectivity index (χ2v) is 7.83. The maximum Gasteiger partial charge on any atom is 0.254 e. The molecule has 1 aromatic heterocycles. The molecule has 2 aromatic carbocycles. The standard InChI is InChI=1S/C24H22N4O3/c29-22(13-21-24(31)26-20-8-4-2-6-17(20)23(30)27-21)28-11-9-15(10-12-28)18-14-25-19-7-3-1-5-16(18)19/h1-9,14,21,25H,10-13H2,(H,26,31)(H,27,30). The average Bonchev–Trinajstić information content (AvgIpc) is 3.18. The van der Waals surface area contributed by atoms with Crippen LogP contribution < -0.4 is 10.6 Å². The Morgan fingerprint density at radius 3 is 2.68 bits per heavy atom. The van der Waals surface area contributed by atoms with E-state index in [9.17, 15) is 14.4 Å². The van der Waals surface area contributed by atoms with Crippen molar-refractivity contribution in [1.29, 1.82) is 0 Å². The second-order valence-electron chi connectivity index (χ2n) is 7.83. The molecule has 3 aromatic rings. The zero-order chi connectivity index (χ0) is 21.4. The van der Waals surface area contributed by atoms with Crippen LogP contribution in [0, 0.1) is 0 Å². The average molecular weight is 414 g/mol. The van der Waals surface area contributed by atoms with Gasteiger partial charge in [-0.25, -0.2) is 0 Å². The van der Waals surface area contributed by atoms with Gasteiger partial charge in [-0.15, -0.1) is 0 Å². The first-order chi connectivity index (χ1) is 15.1. The summed E-state index contributed by atoms with van der Waals surface area (Å²) >= 11 is 0. The molecule has 3 N–H and O–H groups in total. The number of anilines is 1. The Hall–Kier alpha value is -3.87. The largest absolute Gasteiger partial charge is 0.361 e. The first kappa shape index (κ1) is 19.1. The lowest BCUT2D eigenvalue weighted by molar-refractivity contribution is -0.133. The van der Waals surface area contributed by atoms with Crippen LogP contribution in [-0.2, 0) is 9.59 Å². The van der Waals surface area contributed by atoms with E-state index in [0.717, 1.165) is 17.5 Å². The Balaban J connectivity index is 1.27. The number of hydrogen-bond acceptors (Lipinski definition) is 3. The highest BCUT2D eigenvalue weighted by Crippen LogP contribution is 2.29. The number of aromatic amines is 1. The summed E-state index contributed by atoms with van der Waals surface area (Å²) in [4.78, 5) is 42.9. The number of aromatic nitrogens is 1. The molecule has 156 valence electrons. The number of nitrogens with one attached hydrogen (secondary N) is 3. The van der Waals surface area contributed by atoms with Crippen molar-refractivity contribution in [2.75, 3.05) is 18.4 Å². The summed E-state index contributed by atoms with van der Waals surface area (Å²) in [5.41, 5.74) is 4.32. The maximum atomic E-state index is 12.9. The molecule has 3 heterocycles. The molecule has 3 amide bonds. The molecule has 7 nitrogen and oxygen atoms in total. The van der Waals surface area contributed by atoms with Crippen molar-refractivity contribution in [1.82, 2.24) is 15.2 Å². The van der Waals surface area contributed by atoms with E-state index in [4.69, 9.17) is 0 Å². The zero-order valence-corrected chi connectivity index (χ0v) is 16.9. The van der Waals surface area contributed by atoms with Gasteiger partial charge in [0.25, 0.3) is 5.91 Å². The van der Waals surface area contributed by atoms with Crippen LogP contribution >= 0.6 is 0 Å². The van der Waals surface area contributed by atoms with Crippen LogP contribution in [0.2, 0.25) is 0 Å². The predicted molar refractivity (Wildman–Crippen MR) is 118 cm³/mol. The molecule has 0 fully saturated rings. The predicted octanol–water partition coefficient (Wildman–Crippen LogP) is 2.92. The Labute approximate surface area is 179 Å². The summed E-state index contributed by atoms with van der Waals surface area (Å²) in [5.74, 6) is -0.883. The van der Waals surface area contributed by atoms with Crippen molar-refractivity contribution in [3.05, 3.63) is 71.9 Å². The summed E-state index contributed by atoms with van der Waals surface area (Å²) in [6.07, 6.45) is 4.75. The van der Waals surface area contributed by atoms with E-state index < -0.39 is 6.04 Å². The van der Waals surface area contributed by atoms with Gasteiger partial charge >= 0.3 is 0 Å². The van der Waals surface area contributed by atoms with Crippen LogP contribution in [0.1, 0.15) is 28.8 Å². The highest BCUT2D eigenvalue weighted by Gasteiger charge is 2.31. The third-order valence-corrected chi connectivity index (χ3v) is 5.93. The van der Waals surface area contributed by atoms with E-state index in [0.29, 0.717) is 24.3 Å². The molecule has 0 spiro atoms. The smallest absolute Gasteiger partial charge is 0.254 e. The Morgan fingerprint density at radius 1 is 1.03 bits per heavy atom. The van der Waals surface area contributed by atoms with Crippen LogP contribution in [0.5, 0.6) is 0 Å². The molecule has 7 heteroatoms. The Morgan fingerprint density at radius 2 is 1.84 bits per heavy atom. The van der Waals surface area contributed by atoms with E-state index in [1.165, 1.54) is 11.0 Å². The van der Waals surface area contributed by atoms with Crippen molar-refractivity contribution in [3.63, 3.8) is 0 Å². The fraction of sp³-hybridized carbons (Fsp3) is 0.208. The summed E-state index contributed by atoms with van der Waals surface area (Å²) in [6, 6.07) is 14.1. The number of fused-ring (bicyclic) bond motifs is 2. The van der Waals surface area contributed by atoms with Crippen molar-refractivity contribution >= 4 is 39.9 Å². The van der Waals surface area contributed by atoms with Crippen LogP contribution in [0.25, 0.3) is 16.5 Å². The quantitative estimate of drug-likeness (QED) is 0.615. The summed E-state index contributed by atoms with van der Waals surface area (Å²) in [7, 11) is 0. The lowest BCUT2D eigenvalue weighted by Gasteiger charge is -2.28. The fourth-order valence-corrected chi connectivity index (χ4v) is 4.24. The van der Waals surface area contributed by atoms with E-state index in [2.05, 4.69) is 27.8 Å². The number of carbonyl (C=O) groups excluding carboxylic acids is 3. The van der Waals surface area contributed by atoms with Crippen LogP contribution in [0.4, 0.5) is 5.69 Å². The molecule has 0 aliphatic carbocycles. The number of carbonyl (C=O) groups is 3. The first-order valence-electron chi connectivity index (χ1n) is 10.3. The van der Waals surface area contributed by atoms with Gasteiger partial charge in [0.2, 0.25) is 11.8 Å². The number of para-hydroxylation sites is 2. The number of nitrogens with zero attached hydrogens (tertiary/aromatic N) is 1. The minimum Gasteiger partial charge on any atom is -0.361 e. The summed E-state index contributed by atoms with van der Waals surface area (Å²) in [6.45, 7) is 1.06. The molecular formula is C24H22N4O3. The third kappa shape index (κ3) is 3.59. The number of hydrogen-bond donors (Lipinski definition) is 3. The monoisotopic (exact) mass is 414 g/mol. The zero-order valence-electron chi connectivity index (χ0n) is 16.9. The highest BCUT2D eigenvalue weighted by molar-refractivity contribution is 6.10. The first-order valence-corrected chi connectivity index (χ1v) is 10.3. The van der Waals surface area contributed by atoms with Crippen molar-refractivity contribution in [3.8, 4) is 0 Å². The molecule has 0 radical (unpaired) electrons. The highest BCUT2D eigenvalue weighted by atomic mass is 16.2. The van der Waals surface area contributed by atoms with Gasteiger partial charge in [-0.1, -0.05) is 36.4 Å². The SMILES string of the molecule is O=C1NC(CC(=O)N2CC=C(c3c[nH]c4ccccc34)CC2)C(=O)Nc2ccccc21. The molecule has 0 bridgehead atoms. The molecular weight excluding hydrogens is 392 g/mol.